The molecule has 1 aromatic heterocycles. The van der Waals surface area contributed by atoms with E-state index in [1.54, 1.807) is 6.20 Å². The Morgan fingerprint density at radius 1 is 1.30 bits per heavy atom. The molecule has 1 fully saturated rings. The molecule has 122 valence electrons. The van der Waals surface area contributed by atoms with Gasteiger partial charge in [-0.3, -0.25) is 14.7 Å². The van der Waals surface area contributed by atoms with Gasteiger partial charge < -0.3 is 4.90 Å². The summed E-state index contributed by atoms with van der Waals surface area (Å²) in [6.45, 7) is 9.25. The van der Waals surface area contributed by atoms with E-state index in [1.165, 1.54) is 0 Å². The SMILES string of the molecule is CCC1CN(C(=O)c2ccc3ncccc3c2)CCN1C(C)C. The zero-order chi connectivity index (χ0) is 16.4. The summed E-state index contributed by atoms with van der Waals surface area (Å²) < 4.78 is 0. The van der Waals surface area contributed by atoms with E-state index >= 15 is 0 Å². The Bertz CT molecular complexity index is 698. The predicted octanol–water partition coefficient (Wildman–Crippen LogP) is 3.18. The normalized spacial score (nSPS) is 19.5. The van der Waals surface area contributed by atoms with Gasteiger partial charge in [-0.25, -0.2) is 0 Å². The number of amides is 1. The van der Waals surface area contributed by atoms with Crippen LogP contribution in [-0.2, 0) is 0 Å². The van der Waals surface area contributed by atoms with Crippen LogP contribution < -0.4 is 0 Å². The lowest BCUT2D eigenvalue weighted by Crippen LogP contribution is -2.56. The molecule has 1 aliphatic rings. The van der Waals surface area contributed by atoms with Crippen LogP contribution in [0.5, 0.6) is 0 Å². The lowest BCUT2D eigenvalue weighted by Gasteiger charge is -2.43. The van der Waals surface area contributed by atoms with Gasteiger partial charge in [0, 0.05) is 48.9 Å². The Morgan fingerprint density at radius 3 is 2.87 bits per heavy atom. The highest BCUT2D eigenvalue weighted by Gasteiger charge is 2.30. The van der Waals surface area contributed by atoms with Crippen molar-refractivity contribution in [2.45, 2.75) is 39.3 Å². The highest BCUT2D eigenvalue weighted by molar-refractivity contribution is 5.98. The second kappa shape index (κ2) is 6.67. The molecule has 23 heavy (non-hydrogen) atoms. The third-order valence-electron chi connectivity index (χ3n) is 4.80. The maximum absolute atomic E-state index is 12.9. The molecule has 0 N–H and O–H groups in total. The maximum atomic E-state index is 12.9. The first-order chi connectivity index (χ1) is 11.1. The lowest BCUT2D eigenvalue weighted by molar-refractivity contribution is 0.0372. The average Bonchev–Trinajstić information content (AvgIpc) is 2.60. The molecule has 0 aliphatic carbocycles. The number of hydrogen-bond acceptors (Lipinski definition) is 3. The van der Waals surface area contributed by atoms with Crippen molar-refractivity contribution in [2.24, 2.45) is 0 Å². The Kier molecular flexibility index (Phi) is 4.62. The standard InChI is InChI=1S/C19H25N3O/c1-4-17-13-21(10-11-22(17)14(2)3)19(23)16-7-8-18-15(12-16)6-5-9-20-18/h5-9,12,14,17H,4,10-11,13H2,1-3H3. The van der Waals surface area contributed by atoms with Gasteiger partial charge in [0.05, 0.1) is 5.52 Å². The molecule has 4 nitrogen and oxygen atoms in total. The first kappa shape index (κ1) is 15.9. The molecule has 1 aliphatic heterocycles. The molecule has 0 saturated carbocycles. The highest BCUT2D eigenvalue weighted by atomic mass is 16.2. The zero-order valence-corrected chi connectivity index (χ0v) is 14.2. The van der Waals surface area contributed by atoms with Crippen LogP contribution >= 0.6 is 0 Å². The number of carbonyl (C=O) groups excluding carboxylic acids is 1. The molecular formula is C19H25N3O. The van der Waals surface area contributed by atoms with E-state index in [2.05, 4.69) is 30.7 Å². The number of nitrogens with zero attached hydrogens (tertiary/aromatic N) is 3. The fourth-order valence-electron chi connectivity index (χ4n) is 3.49. The first-order valence-electron chi connectivity index (χ1n) is 8.50. The second-order valence-electron chi connectivity index (χ2n) is 6.56. The van der Waals surface area contributed by atoms with Gasteiger partial charge in [0.25, 0.3) is 5.91 Å². The monoisotopic (exact) mass is 311 g/mol. The third kappa shape index (κ3) is 3.22. The van der Waals surface area contributed by atoms with E-state index in [0.717, 1.165) is 42.5 Å². The van der Waals surface area contributed by atoms with Gasteiger partial charge in [0.1, 0.15) is 0 Å². The van der Waals surface area contributed by atoms with Crippen LogP contribution in [0.4, 0.5) is 0 Å². The van der Waals surface area contributed by atoms with Crippen LogP contribution in [0.1, 0.15) is 37.6 Å². The lowest BCUT2D eigenvalue weighted by atomic mass is 10.0. The number of pyridine rings is 1. The zero-order valence-electron chi connectivity index (χ0n) is 14.2. The smallest absolute Gasteiger partial charge is 0.253 e. The van der Waals surface area contributed by atoms with Crippen molar-refractivity contribution in [2.75, 3.05) is 19.6 Å². The maximum Gasteiger partial charge on any atom is 0.253 e. The van der Waals surface area contributed by atoms with E-state index in [-0.39, 0.29) is 5.91 Å². The van der Waals surface area contributed by atoms with Crippen LogP contribution in [0, 0.1) is 0 Å². The molecule has 1 unspecified atom stereocenters. The number of fused-ring (bicyclic) bond motifs is 1. The van der Waals surface area contributed by atoms with Crippen molar-refractivity contribution in [1.82, 2.24) is 14.8 Å². The summed E-state index contributed by atoms with van der Waals surface area (Å²) in [5.41, 5.74) is 1.69. The quantitative estimate of drug-likeness (QED) is 0.873. The number of aromatic nitrogens is 1. The van der Waals surface area contributed by atoms with Crippen LogP contribution in [0.25, 0.3) is 10.9 Å². The van der Waals surface area contributed by atoms with Crippen molar-refractivity contribution in [1.29, 1.82) is 0 Å². The summed E-state index contributed by atoms with van der Waals surface area (Å²) in [4.78, 5) is 21.7. The summed E-state index contributed by atoms with van der Waals surface area (Å²) >= 11 is 0. The molecule has 0 bridgehead atoms. The van der Waals surface area contributed by atoms with Crippen molar-refractivity contribution in [3.63, 3.8) is 0 Å². The number of benzene rings is 1. The number of piperazine rings is 1. The topological polar surface area (TPSA) is 36.4 Å². The van der Waals surface area contributed by atoms with Crippen LogP contribution in [-0.4, -0.2) is 52.4 Å². The Morgan fingerprint density at radius 2 is 2.13 bits per heavy atom. The van der Waals surface area contributed by atoms with Gasteiger partial charge in [0.15, 0.2) is 0 Å². The van der Waals surface area contributed by atoms with Gasteiger partial charge in [-0.05, 0) is 44.5 Å². The molecule has 2 heterocycles. The summed E-state index contributed by atoms with van der Waals surface area (Å²) in [5.74, 6) is 0.137. The van der Waals surface area contributed by atoms with E-state index in [0.29, 0.717) is 12.1 Å². The minimum atomic E-state index is 0.137. The van der Waals surface area contributed by atoms with Crippen LogP contribution in [0.3, 0.4) is 0 Å². The minimum Gasteiger partial charge on any atom is -0.336 e. The van der Waals surface area contributed by atoms with Crippen LogP contribution in [0.15, 0.2) is 36.5 Å². The summed E-state index contributed by atoms with van der Waals surface area (Å²) in [5, 5.41) is 1.02. The van der Waals surface area contributed by atoms with Crippen molar-refractivity contribution in [3.8, 4) is 0 Å². The summed E-state index contributed by atoms with van der Waals surface area (Å²) in [6, 6.07) is 10.7. The molecule has 3 rings (SSSR count). The number of rotatable bonds is 3. The molecule has 4 heteroatoms. The number of carbonyl (C=O) groups is 1. The largest absolute Gasteiger partial charge is 0.336 e. The van der Waals surface area contributed by atoms with Gasteiger partial charge in [-0.2, -0.15) is 0 Å². The Labute approximate surface area is 138 Å². The van der Waals surface area contributed by atoms with E-state index < -0.39 is 0 Å². The summed E-state index contributed by atoms with van der Waals surface area (Å²) in [7, 11) is 0. The van der Waals surface area contributed by atoms with Gasteiger partial charge in [-0.15, -0.1) is 0 Å². The van der Waals surface area contributed by atoms with Crippen LogP contribution in [0.2, 0.25) is 0 Å². The fourth-order valence-corrected chi connectivity index (χ4v) is 3.49. The molecule has 1 atom stereocenters. The molecule has 0 radical (unpaired) electrons. The highest BCUT2D eigenvalue weighted by Crippen LogP contribution is 2.20. The van der Waals surface area contributed by atoms with E-state index in [9.17, 15) is 4.79 Å². The molecule has 2 aromatic rings. The molecule has 0 spiro atoms. The Hall–Kier alpha value is -1.94. The second-order valence-corrected chi connectivity index (χ2v) is 6.56. The van der Waals surface area contributed by atoms with Gasteiger partial charge >= 0.3 is 0 Å². The third-order valence-corrected chi connectivity index (χ3v) is 4.80. The molecule has 1 amide bonds. The molecule has 1 saturated heterocycles. The average molecular weight is 311 g/mol. The van der Waals surface area contributed by atoms with Crippen molar-refractivity contribution in [3.05, 3.63) is 42.1 Å². The number of hydrogen-bond donors (Lipinski definition) is 0. The van der Waals surface area contributed by atoms with Crippen molar-refractivity contribution < 1.29 is 4.79 Å². The summed E-state index contributed by atoms with van der Waals surface area (Å²) in [6.07, 6.45) is 2.85. The molecular weight excluding hydrogens is 286 g/mol. The Balaban J connectivity index is 1.79. The minimum absolute atomic E-state index is 0.137. The van der Waals surface area contributed by atoms with Gasteiger partial charge in [-0.1, -0.05) is 13.0 Å². The van der Waals surface area contributed by atoms with Gasteiger partial charge in [0.2, 0.25) is 0 Å². The predicted molar refractivity (Wildman–Crippen MR) is 93.6 cm³/mol. The molecule has 1 aromatic carbocycles. The van der Waals surface area contributed by atoms with E-state index in [1.807, 2.05) is 35.2 Å². The first-order valence-corrected chi connectivity index (χ1v) is 8.50. The van der Waals surface area contributed by atoms with E-state index in [4.69, 9.17) is 0 Å². The fraction of sp³-hybridized carbons (Fsp3) is 0.474. The van der Waals surface area contributed by atoms with Crippen molar-refractivity contribution >= 4 is 16.8 Å².